The van der Waals surface area contributed by atoms with Crippen LogP contribution in [0.1, 0.15) is 24.5 Å². The van der Waals surface area contributed by atoms with Crippen LogP contribution in [0.25, 0.3) is 0 Å². The van der Waals surface area contributed by atoms with Crippen LogP contribution < -0.4 is 5.32 Å². The average molecular weight is 226 g/mol. The van der Waals surface area contributed by atoms with Gasteiger partial charge in [0.05, 0.1) is 0 Å². The molecule has 0 spiro atoms. The minimum absolute atomic E-state index is 0.0325. The number of benzene rings is 1. The highest BCUT2D eigenvalue weighted by atomic mass is 35.5. The van der Waals surface area contributed by atoms with E-state index in [0.29, 0.717) is 6.42 Å². The van der Waals surface area contributed by atoms with E-state index in [0.717, 1.165) is 16.8 Å². The van der Waals surface area contributed by atoms with Crippen molar-refractivity contribution >= 4 is 23.2 Å². The van der Waals surface area contributed by atoms with Gasteiger partial charge in [-0.15, -0.1) is 11.6 Å². The van der Waals surface area contributed by atoms with Crippen molar-refractivity contribution in [3.63, 3.8) is 0 Å². The predicted octanol–water partition coefficient (Wildman–Crippen LogP) is 3.26. The summed E-state index contributed by atoms with van der Waals surface area (Å²) in [5.74, 6) is -0.0325. The number of amides is 1. The highest BCUT2D eigenvalue weighted by molar-refractivity contribution is 6.21. The first-order valence-electron chi connectivity index (χ1n) is 5.01. The Labute approximate surface area is 95.6 Å². The van der Waals surface area contributed by atoms with Gasteiger partial charge in [-0.1, -0.05) is 18.2 Å². The van der Waals surface area contributed by atoms with Crippen LogP contribution in [0.15, 0.2) is 18.2 Å². The van der Waals surface area contributed by atoms with Crippen LogP contribution in [-0.2, 0) is 4.79 Å². The smallest absolute Gasteiger partial charge is 0.225 e. The zero-order chi connectivity index (χ0) is 11.4. The molecule has 2 nitrogen and oxygen atoms in total. The van der Waals surface area contributed by atoms with E-state index < -0.39 is 0 Å². The van der Waals surface area contributed by atoms with Gasteiger partial charge in [0, 0.05) is 17.5 Å². The van der Waals surface area contributed by atoms with E-state index in [-0.39, 0.29) is 11.3 Å². The van der Waals surface area contributed by atoms with Gasteiger partial charge in [0.1, 0.15) is 0 Å². The molecule has 1 aromatic rings. The fraction of sp³-hybridized carbons (Fsp3) is 0.417. The van der Waals surface area contributed by atoms with Crippen molar-refractivity contribution in [1.82, 2.24) is 0 Å². The third kappa shape index (κ3) is 3.56. The van der Waals surface area contributed by atoms with Crippen molar-refractivity contribution in [1.29, 1.82) is 0 Å². The Morgan fingerprint density at radius 2 is 1.93 bits per heavy atom. The standard InChI is InChI=1S/C12H16ClNO/c1-8-5-4-6-9(2)12(8)14-11(15)7-10(3)13/h4-6,10H,7H2,1-3H3,(H,14,15). The number of nitrogens with one attached hydrogen (secondary N) is 1. The molecule has 0 saturated carbocycles. The minimum atomic E-state index is -0.130. The summed E-state index contributed by atoms with van der Waals surface area (Å²) in [7, 11) is 0. The van der Waals surface area contributed by atoms with E-state index in [1.807, 2.05) is 39.0 Å². The molecule has 0 radical (unpaired) electrons. The zero-order valence-electron chi connectivity index (χ0n) is 9.30. The summed E-state index contributed by atoms with van der Waals surface area (Å²) in [6, 6.07) is 5.93. The lowest BCUT2D eigenvalue weighted by molar-refractivity contribution is -0.116. The first-order valence-corrected chi connectivity index (χ1v) is 5.44. The van der Waals surface area contributed by atoms with E-state index in [1.54, 1.807) is 0 Å². The average Bonchev–Trinajstić information content (AvgIpc) is 2.10. The molecule has 3 heteroatoms. The summed E-state index contributed by atoms with van der Waals surface area (Å²) in [6.45, 7) is 5.77. The molecule has 0 bridgehead atoms. The summed E-state index contributed by atoms with van der Waals surface area (Å²) in [6.07, 6.45) is 0.343. The highest BCUT2D eigenvalue weighted by Crippen LogP contribution is 2.19. The Bertz CT molecular complexity index is 340. The van der Waals surface area contributed by atoms with Crippen molar-refractivity contribution in [3.05, 3.63) is 29.3 Å². The molecule has 0 heterocycles. The summed E-state index contributed by atoms with van der Waals surface area (Å²) < 4.78 is 0. The Kier molecular flexibility index (Phi) is 4.15. The number of halogens is 1. The molecule has 0 aromatic heterocycles. The molecule has 1 amide bonds. The van der Waals surface area contributed by atoms with Gasteiger partial charge in [0.25, 0.3) is 0 Å². The van der Waals surface area contributed by atoms with Crippen LogP contribution in [0.3, 0.4) is 0 Å². The van der Waals surface area contributed by atoms with Gasteiger partial charge in [0.15, 0.2) is 0 Å². The Balaban J connectivity index is 2.76. The number of anilines is 1. The van der Waals surface area contributed by atoms with E-state index >= 15 is 0 Å². The molecule has 15 heavy (non-hydrogen) atoms. The van der Waals surface area contributed by atoms with E-state index in [2.05, 4.69) is 5.32 Å². The van der Waals surface area contributed by atoms with Crippen LogP contribution in [0.4, 0.5) is 5.69 Å². The van der Waals surface area contributed by atoms with Gasteiger partial charge < -0.3 is 5.32 Å². The van der Waals surface area contributed by atoms with Crippen LogP contribution in [0.2, 0.25) is 0 Å². The SMILES string of the molecule is Cc1cccc(C)c1NC(=O)CC(C)Cl. The van der Waals surface area contributed by atoms with Gasteiger partial charge in [-0.2, -0.15) is 0 Å². The molecule has 0 fully saturated rings. The molecule has 1 aromatic carbocycles. The second-order valence-electron chi connectivity index (χ2n) is 3.80. The van der Waals surface area contributed by atoms with Gasteiger partial charge in [-0.3, -0.25) is 4.79 Å². The van der Waals surface area contributed by atoms with Gasteiger partial charge in [-0.25, -0.2) is 0 Å². The lowest BCUT2D eigenvalue weighted by Crippen LogP contribution is -2.16. The van der Waals surface area contributed by atoms with Gasteiger partial charge in [-0.05, 0) is 31.9 Å². The van der Waals surface area contributed by atoms with Crippen molar-refractivity contribution in [2.45, 2.75) is 32.6 Å². The topological polar surface area (TPSA) is 29.1 Å². The Morgan fingerprint density at radius 3 is 2.40 bits per heavy atom. The molecular weight excluding hydrogens is 210 g/mol. The van der Waals surface area contributed by atoms with Gasteiger partial charge >= 0.3 is 0 Å². The number of para-hydroxylation sites is 1. The third-order valence-electron chi connectivity index (χ3n) is 2.21. The number of rotatable bonds is 3. The lowest BCUT2D eigenvalue weighted by Gasteiger charge is -2.11. The minimum Gasteiger partial charge on any atom is -0.326 e. The number of aryl methyl sites for hydroxylation is 2. The number of alkyl halides is 1. The Hall–Kier alpha value is -1.02. The zero-order valence-corrected chi connectivity index (χ0v) is 10.1. The van der Waals surface area contributed by atoms with Crippen molar-refractivity contribution in [2.24, 2.45) is 0 Å². The second-order valence-corrected chi connectivity index (χ2v) is 4.54. The maximum absolute atomic E-state index is 11.5. The third-order valence-corrected chi connectivity index (χ3v) is 2.37. The number of carbonyl (C=O) groups is 1. The first kappa shape index (κ1) is 12.1. The van der Waals surface area contributed by atoms with Crippen LogP contribution in [0, 0.1) is 13.8 Å². The fourth-order valence-corrected chi connectivity index (χ4v) is 1.60. The molecule has 1 rings (SSSR count). The first-order chi connectivity index (χ1) is 7.00. The maximum Gasteiger partial charge on any atom is 0.225 e. The number of hydrogen-bond donors (Lipinski definition) is 1. The van der Waals surface area contributed by atoms with E-state index in [9.17, 15) is 4.79 Å². The van der Waals surface area contributed by atoms with Crippen molar-refractivity contribution < 1.29 is 4.79 Å². The van der Waals surface area contributed by atoms with Crippen molar-refractivity contribution in [2.75, 3.05) is 5.32 Å². The molecule has 1 unspecified atom stereocenters. The van der Waals surface area contributed by atoms with Crippen LogP contribution in [-0.4, -0.2) is 11.3 Å². The van der Waals surface area contributed by atoms with E-state index in [1.165, 1.54) is 0 Å². The fourth-order valence-electron chi connectivity index (χ4n) is 1.46. The Morgan fingerprint density at radius 1 is 1.40 bits per heavy atom. The summed E-state index contributed by atoms with van der Waals surface area (Å²) >= 11 is 5.76. The maximum atomic E-state index is 11.5. The lowest BCUT2D eigenvalue weighted by atomic mass is 10.1. The summed E-state index contributed by atoms with van der Waals surface area (Å²) in [5.41, 5.74) is 3.05. The predicted molar refractivity (Wildman–Crippen MR) is 64.5 cm³/mol. The van der Waals surface area contributed by atoms with Crippen LogP contribution in [0.5, 0.6) is 0 Å². The number of hydrogen-bond acceptors (Lipinski definition) is 1. The molecule has 1 N–H and O–H groups in total. The monoisotopic (exact) mass is 225 g/mol. The molecule has 0 saturated heterocycles. The highest BCUT2D eigenvalue weighted by Gasteiger charge is 2.09. The van der Waals surface area contributed by atoms with Gasteiger partial charge in [0.2, 0.25) is 5.91 Å². The van der Waals surface area contributed by atoms with E-state index in [4.69, 9.17) is 11.6 Å². The summed E-state index contributed by atoms with van der Waals surface area (Å²) in [4.78, 5) is 11.5. The summed E-state index contributed by atoms with van der Waals surface area (Å²) in [5, 5.41) is 2.76. The van der Waals surface area contributed by atoms with Crippen molar-refractivity contribution in [3.8, 4) is 0 Å². The molecule has 0 aliphatic rings. The van der Waals surface area contributed by atoms with Crippen LogP contribution >= 0.6 is 11.6 Å². The molecule has 82 valence electrons. The molecule has 0 aliphatic heterocycles. The molecule has 1 atom stereocenters. The number of carbonyl (C=O) groups excluding carboxylic acids is 1. The second kappa shape index (κ2) is 5.17. The normalized spacial score (nSPS) is 12.3. The quantitative estimate of drug-likeness (QED) is 0.787. The molecule has 0 aliphatic carbocycles. The molecular formula is C12H16ClNO. The largest absolute Gasteiger partial charge is 0.326 e.